The fraction of sp³-hybridized carbons (Fsp3) is 0.250. The van der Waals surface area contributed by atoms with E-state index in [0.717, 1.165) is 5.56 Å². The summed E-state index contributed by atoms with van der Waals surface area (Å²) < 4.78 is 20.9. The van der Waals surface area contributed by atoms with Gasteiger partial charge < -0.3 is 24.3 Å². The van der Waals surface area contributed by atoms with Crippen LogP contribution in [0.2, 0.25) is 5.02 Å². The van der Waals surface area contributed by atoms with Crippen LogP contribution in [0, 0.1) is 6.92 Å². The van der Waals surface area contributed by atoms with Crippen LogP contribution in [-0.4, -0.2) is 44.3 Å². The zero-order valence-electron chi connectivity index (χ0n) is 16.0. The quantitative estimate of drug-likeness (QED) is 0.672. The van der Waals surface area contributed by atoms with Gasteiger partial charge >= 0.3 is 12.0 Å². The summed E-state index contributed by atoms with van der Waals surface area (Å²) in [4.78, 5) is 35.4. The number of amides is 3. The standard InChI is InChI=1S/C20H19ClN2O7/c1-12-8-14(3-4-15(12)21)29-11-19(25)30-10-18(24)23-20(26)22-13-2-5-16-17(9-13)28-7-6-27-16/h2-5,8-9H,6-7,10-11H2,1H3,(H2,22,23,24,26). The summed E-state index contributed by atoms with van der Waals surface area (Å²) in [7, 11) is 0. The highest BCUT2D eigenvalue weighted by atomic mass is 35.5. The van der Waals surface area contributed by atoms with E-state index >= 15 is 0 Å². The van der Waals surface area contributed by atoms with Gasteiger partial charge in [0.25, 0.3) is 5.91 Å². The number of urea groups is 1. The van der Waals surface area contributed by atoms with E-state index in [2.05, 4.69) is 10.6 Å². The number of anilines is 1. The minimum atomic E-state index is -0.791. The predicted molar refractivity (Wildman–Crippen MR) is 107 cm³/mol. The second kappa shape index (κ2) is 9.84. The lowest BCUT2D eigenvalue weighted by Crippen LogP contribution is -2.37. The number of rotatable bonds is 6. The monoisotopic (exact) mass is 434 g/mol. The molecule has 2 aromatic rings. The van der Waals surface area contributed by atoms with E-state index in [1.165, 1.54) is 0 Å². The maximum Gasteiger partial charge on any atom is 0.344 e. The van der Waals surface area contributed by atoms with Crippen LogP contribution in [0.25, 0.3) is 0 Å². The first kappa shape index (κ1) is 21.3. The maximum absolute atomic E-state index is 11.9. The molecular weight excluding hydrogens is 416 g/mol. The van der Waals surface area contributed by atoms with Gasteiger partial charge in [-0.2, -0.15) is 0 Å². The molecular formula is C20H19ClN2O7. The van der Waals surface area contributed by atoms with E-state index in [-0.39, 0.29) is 0 Å². The first-order valence-electron chi connectivity index (χ1n) is 8.96. The molecule has 1 heterocycles. The highest BCUT2D eigenvalue weighted by Crippen LogP contribution is 2.32. The number of nitrogens with one attached hydrogen (secondary N) is 2. The number of hydrogen-bond donors (Lipinski definition) is 2. The molecule has 2 aromatic carbocycles. The summed E-state index contributed by atoms with van der Waals surface area (Å²) in [6.07, 6.45) is 0. The van der Waals surface area contributed by atoms with Crippen LogP contribution in [0.3, 0.4) is 0 Å². The lowest BCUT2D eigenvalue weighted by atomic mass is 10.2. The van der Waals surface area contributed by atoms with Crippen molar-refractivity contribution in [3.05, 3.63) is 47.0 Å². The normalized spacial score (nSPS) is 11.9. The highest BCUT2D eigenvalue weighted by Gasteiger charge is 2.15. The van der Waals surface area contributed by atoms with E-state index < -0.39 is 31.1 Å². The number of imide groups is 1. The summed E-state index contributed by atoms with van der Waals surface area (Å²) in [6.45, 7) is 1.65. The van der Waals surface area contributed by atoms with Crippen molar-refractivity contribution in [2.75, 3.05) is 31.7 Å². The number of halogens is 1. The van der Waals surface area contributed by atoms with Crippen LogP contribution in [-0.2, 0) is 14.3 Å². The van der Waals surface area contributed by atoms with Gasteiger partial charge in [0.05, 0.1) is 0 Å². The minimum Gasteiger partial charge on any atom is -0.486 e. The van der Waals surface area contributed by atoms with E-state index in [4.69, 9.17) is 30.5 Å². The number of hydrogen-bond acceptors (Lipinski definition) is 7. The van der Waals surface area contributed by atoms with E-state index in [1.807, 2.05) is 0 Å². The van der Waals surface area contributed by atoms with Gasteiger partial charge in [-0.25, -0.2) is 9.59 Å². The molecule has 30 heavy (non-hydrogen) atoms. The van der Waals surface area contributed by atoms with Crippen molar-refractivity contribution < 1.29 is 33.3 Å². The summed E-state index contributed by atoms with van der Waals surface area (Å²) in [6, 6.07) is 8.98. The third-order valence-corrected chi connectivity index (χ3v) is 4.33. The van der Waals surface area contributed by atoms with Gasteiger partial charge in [-0.3, -0.25) is 10.1 Å². The van der Waals surface area contributed by atoms with E-state index in [9.17, 15) is 14.4 Å². The Morgan fingerprint density at radius 2 is 1.80 bits per heavy atom. The van der Waals surface area contributed by atoms with E-state index in [1.54, 1.807) is 43.3 Å². The Kier molecular flexibility index (Phi) is 6.97. The molecule has 0 saturated heterocycles. The van der Waals surface area contributed by atoms with Gasteiger partial charge in [0.15, 0.2) is 24.7 Å². The molecule has 158 valence electrons. The zero-order valence-corrected chi connectivity index (χ0v) is 16.8. The van der Waals surface area contributed by atoms with Crippen molar-refractivity contribution >= 4 is 35.2 Å². The van der Waals surface area contributed by atoms with Crippen LogP contribution < -0.4 is 24.8 Å². The van der Waals surface area contributed by atoms with Crippen molar-refractivity contribution in [2.45, 2.75) is 6.92 Å². The molecule has 3 rings (SSSR count). The van der Waals surface area contributed by atoms with Crippen molar-refractivity contribution in [3.63, 3.8) is 0 Å². The molecule has 0 atom stereocenters. The molecule has 3 amide bonds. The number of fused-ring (bicyclic) bond motifs is 1. The van der Waals surface area contributed by atoms with Gasteiger partial charge in [0.1, 0.15) is 19.0 Å². The lowest BCUT2D eigenvalue weighted by molar-refractivity contribution is -0.150. The summed E-state index contributed by atoms with van der Waals surface area (Å²) in [5.74, 6) is -0.0378. The average molecular weight is 435 g/mol. The third kappa shape index (κ3) is 6.02. The highest BCUT2D eigenvalue weighted by molar-refractivity contribution is 6.31. The van der Waals surface area contributed by atoms with Crippen LogP contribution in [0.5, 0.6) is 17.2 Å². The van der Waals surface area contributed by atoms with Gasteiger partial charge in [-0.1, -0.05) is 11.6 Å². The van der Waals surface area contributed by atoms with Crippen LogP contribution in [0.15, 0.2) is 36.4 Å². The molecule has 9 nitrogen and oxygen atoms in total. The second-order valence-corrected chi connectivity index (χ2v) is 6.63. The van der Waals surface area contributed by atoms with Crippen molar-refractivity contribution in [1.29, 1.82) is 0 Å². The van der Waals surface area contributed by atoms with Gasteiger partial charge in [-0.15, -0.1) is 0 Å². The molecule has 0 aromatic heterocycles. The number of carbonyl (C=O) groups is 3. The molecule has 0 spiro atoms. The smallest absolute Gasteiger partial charge is 0.344 e. The zero-order chi connectivity index (χ0) is 21.5. The first-order valence-corrected chi connectivity index (χ1v) is 9.33. The molecule has 0 fully saturated rings. The van der Waals surface area contributed by atoms with Crippen molar-refractivity contribution in [2.24, 2.45) is 0 Å². The number of benzene rings is 2. The Hall–Kier alpha value is -3.46. The molecule has 10 heteroatoms. The van der Waals surface area contributed by atoms with Crippen LogP contribution in [0.1, 0.15) is 5.56 Å². The summed E-state index contributed by atoms with van der Waals surface area (Å²) in [5, 5.41) is 5.12. The number of esters is 1. The lowest BCUT2D eigenvalue weighted by Gasteiger charge is -2.19. The molecule has 0 saturated carbocycles. The molecule has 0 unspecified atom stereocenters. The predicted octanol–water partition coefficient (Wildman–Crippen LogP) is 2.69. The minimum absolute atomic E-state index is 0.391. The Labute approximate surface area is 177 Å². The molecule has 2 N–H and O–H groups in total. The van der Waals surface area contributed by atoms with Crippen molar-refractivity contribution in [1.82, 2.24) is 5.32 Å². The number of ether oxygens (including phenoxy) is 4. The summed E-state index contributed by atoms with van der Waals surface area (Å²) >= 11 is 5.92. The Balaban J connectivity index is 1.38. The largest absolute Gasteiger partial charge is 0.486 e. The third-order valence-electron chi connectivity index (χ3n) is 3.90. The van der Waals surface area contributed by atoms with Crippen LogP contribution >= 0.6 is 11.6 Å². The van der Waals surface area contributed by atoms with Gasteiger partial charge in [0, 0.05) is 16.8 Å². The van der Waals surface area contributed by atoms with Crippen LogP contribution in [0.4, 0.5) is 10.5 Å². The van der Waals surface area contributed by atoms with Gasteiger partial charge in [-0.05, 0) is 42.8 Å². The average Bonchev–Trinajstić information content (AvgIpc) is 2.73. The summed E-state index contributed by atoms with van der Waals surface area (Å²) in [5.41, 5.74) is 1.21. The number of carbonyl (C=O) groups excluding carboxylic acids is 3. The molecule has 0 aliphatic carbocycles. The maximum atomic E-state index is 11.9. The second-order valence-electron chi connectivity index (χ2n) is 6.22. The Bertz CT molecular complexity index is 964. The SMILES string of the molecule is Cc1cc(OCC(=O)OCC(=O)NC(=O)Nc2ccc3c(c2)OCCO3)ccc1Cl. The first-order chi connectivity index (χ1) is 14.4. The van der Waals surface area contributed by atoms with Gasteiger partial charge in [0.2, 0.25) is 0 Å². The van der Waals surface area contributed by atoms with Crippen molar-refractivity contribution in [3.8, 4) is 17.2 Å². The fourth-order valence-electron chi connectivity index (χ4n) is 2.48. The molecule has 0 radical (unpaired) electrons. The molecule has 1 aliphatic heterocycles. The van der Waals surface area contributed by atoms with E-state index in [0.29, 0.717) is 41.2 Å². The topological polar surface area (TPSA) is 112 Å². The Morgan fingerprint density at radius 1 is 1.03 bits per heavy atom. The molecule has 0 bridgehead atoms. The number of aryl methyl sites for hydroxylation is 1. The Morgan fingerprint density at radius 3 is 2.57 bits per heavy atom. The molecule has 1 aliphatic rings. The fourth-order valence-corrected chi connectivity index (χ4v) is 2.60.